The molecule has 3 aromatic rings. The zero-order valence-corrected chi connectivity index (χ0v) is 25.8. The van der Waals surface area contributed by atoms with Gasteiger partial charge >= 0.3 is 0 Å². The maximum Gasteiger partial charge on any atom is 0.258 e. The normalized spacial score (nSPS) is 19.3. The van der Waals surface area contributed by atoms with Gasteiger partial charge in [0, 0.05) is 65.9 Å². The van der Waals surface area contributed by atoms with Crippen LogP contribution in [0.4, 0.5) is 11.4 Å². The Labute approximate surface area is 249 Å². The zero-order valence-electron chi connectivity index (χ0n) is 23.4. The highest BCUT2D eigenvalue weighted by atomic mass is 79.9. The summed E-state index contributed by atoms with van der Waals surface area (Å²) in [5, 5.41) is 0. The van der Waals surface area contributed by atoms with E-state index in [0.717, 1.165) is 59.1 Å². The van der Waals surface area contributed by atoms with Crippen LogP contribution in [0.2, 0.25) is 0 Å². The summed E-state index contributed by atoms with van der Waals surface area (Å²) in [6.45, 7) is 8.62. The number of likely N-dealkylation sites (N-methyl/N-ethyl adjacent to an activating group) is 1. The number of benzene rings is 2. The smallest absolute Gasteiger partial charge is 0.258 e. The molecule has 9 nitrogen and oxygen atoms in total. The highest BCUT2D eigenvalue weighted by Crippen LogP contribution is 2.40. The van der Waals surface area contributed by atoms with E-state index in [2.05, 4.69) is 49.7 Å². The Morgan fingerprint density at radius 3 is 2.22 bits per heavy atom. The van der Waals surface area contributed by atoms with Crippen LogP contribution in [0.1, 0.15) is 22.5 Å². The molecular formula is C30H33BrN4O5S. The van der Waals surface area contributed by atoms with Gasteiger partial charge in [-0.1, -0.05) is 0 Å². The van der Waals surface area contributed by atoms with E-state index < -0.39 is 10.0 Å². The third kappa shape index (κ3) is 5.03. The monoisotopic (exact) mass is 640 g/mol. The molecule has 2 saturated heterocycles. The zero-order chi connectivity index (χ0) is 28.9. The van der Waals surface area contributed by atoms with E-state index in [0.29, 0.717) is 43.1 Å². The third-order valence-electron chi connectivity index (χ3n) is 8.07. The number of amides is 1. The van der Waals surface area contributed by atoms with Crippen molar-refractivity contribution in [3.8, 4) is 5.69 Å². The molecule has 0 spiro atoms. The maximum absolute atomic E-state index is 13.4. The minimum Gasteiger partial charge on any atom is -0.379 e. The number of sulfonamides is 1. The number of hydrogen-bond donors (Lipinski definition) is 0. The van der Waals surface area contributed by atoms with Crippen molar-refractivity contribution < 1.29 is 22.7 Å². The molecular weight excluding hydrogens is 608 g/mol. The van der Waals surface area contributed by atoms with E-state index >= 15 is 0 Å². The summed E-state index contributed by atoms with van der Waals surface area (Å²) in [7, 11) is -1.98. The van der Waals surface area contributed by atoms with Crippen molar-refractivity contribution >= 4 is 54.9 Å². The Morgan fingerprint density at radius 2 is 1.54 bits per heavy atom. The number of carbonyl (C=O) groups excluding carboxylic acids is 1. The molecule has 0 unspecified atom stereocenters. The second-order valence-electron chi connectivity index (χ2n) is 10.5. The summed E-state index contributed by atoms with van der Waals surface area (Å²) in [6, 6.07) is 13.4. The second kappa shape index (κ2) is 11.0. The first-order valence-electron chi connectivity index (χ1n) is 13.7. The van der Waals surface area contributed by atoms with E-state index in [1.165, 1.54) is 4.31 Å². The summed E-state index contributed by atoms with van der Waals surface area (Å²) >= 11 is 3.77. The average Bonchev–Trinajstić information content (AvgIpc) is 3.40. The molecule has 0 radical (unpaired) electrons. The summed E-state index contributed by atoms with van der Waals surface area (Å²) in [6.07, 6.45) is 1.88. The molecule has 1 amide bonds. The van der Waals surface area contributed by atoms with Gasteiger partial charge in [-0.05, 0) is 83.9 Å². The summed E-state index contributed by atoms with van der Waals surface area (Å²) in [4.78, 5) is 17.5. The van der Waals surface area contributed by atoms with Gasteiger partial charge in [-0.2, -0.15) is 4.31 Å². The Balaban J connectivity index is 1.36. The average molecular weight is 642 g/mol. The van der Waals surface area contributed by atoms with Crippen LogP contribution in [-0.4, -0.2) is 82.9 Å². The van der Waals surface area contributed by atoms with Crippen LogP contribution in [0.3, 0.4) is 0 Å². The molecule has 0 saturated carbocycles. The lowest BCUT2D eigenvalue weighted by Gasteiger charge is -2.30. The summed E-state index contributed by atoms with van der Waals surface area (Å²) in [5.41, 5.74) is 6.87. The summed E-state index contributed by atoms with van der Waals surface area (Å²) < 4.78 is 42.2. The number of halogens is 1. The van der Waals surface area contributed by atoms with Gasteiger partial charge in [0.25, 0.3) is 5.91 Å². The molecule has 0 atom stereocenters. The number of nitrogens with zero attached hydrogens (tertiary/aromatic N) is 4. The Hall–Kier alpha value is -2.96. The van der Waals surface area contributed by atoms with Crippen LogP contribution >= 0.6 is 15.9 Å². The number of aryl methyl sites for hydroxylation is 1. The maximum atomic E-state index is 13.4. The van der Waals surface area contributed by atoms with E-state index in [1.54, 1.807) is 30.1 Å². The van der Waals surface area contributed by atoms with Gasteiger partial charge in [-0.25, -0.2) is 8.42 Å². The highest BCUT2D eigenvalue weighted by molar-refractivity contribution is 9.10. The largest absolute Gasteiger partial charge is 0.379 e. The first-order chi connectivity index (χ1) is 19.7. The predicted octanol–water partition coefficient (Wildman–Crippen LogP) is 4.23. The fourth-order valence-corrected chi connectivity index (χ4v) is 7.90. The fourth-order valence-electron chi connectivity index (χ4n) is 5.85. The molecule has 1 aromatic heterocycles. The van der Waals surface area contributed by atoms with Gasteiger partial charge in [0.1, 0.15) is 0 Å². The van der Waals surface area contributed by atoms with Gasteiger partial charge in [-0.3, -0.25) is 4.79 Å². The number of ether oxygens (including phenoxy) is 2. The van der Waals surface area contributed by atoms with E-state index in [9.17, 15) is 13.2 Å². The SMILES string of the molecule is Cc1cc(C=C2C(=O)N(C)c3ccc(S(=O)(=O)N4CCOCC4)cc32)c(C)n1-c1ccc(N2CCOCC2)c(Br)c1. The van der Waals surface area contributed by atoms with Crippen molar-refractivity contribution in [3.05, 3.63) is 69.5 Å². The second-order valence-corrected chi connectivity index (χ2v) is 13.3. The molecule has 0 aliphatic carbocycles. The molecule has 0 N–H and O–H groups in total. The van der Waals surface area contributed by atoms with Gasteiger partial charge in [0.05, 0.1) is 42.7 Å². The first kappa shape index (κ1) is 28.2. The number of carbonyl (C=O) groups is 1. The Kier molecular flexibility index (Phi) is 7.58. The lowest BCUT2D eigenvalue weighted by atomic mass is 10.0. The van der Waals surface area contributed by atoms with Crippen molar-refractivity contribution in [1.82, 2.24) is 8.87 Å². The van der Waals surface area contributed by atoms with Crippen LogP contribution in [-0.2, 0) is 24.3 Å². The lowest BCUT2D eigenvalue weighted by molar-refractivity contribution is -0.112. The molecule has 6 rings (SSSR count). The van der Waals surface area contributed by atoms with Crippen LogP contribution < -0.4 is 9.80 Å². The van der Waals surface area contributed by atoms with Crippen molar-refractivity contribution in [3.63, 3.8) is 0 Å². The predicted molar refractivity (Wildman–Crippen MR) is 163 cm³/mol. The molecule has 11 heteroatoms. The van der Waals surface area contributed by atoms with Crippen LogP contribution in [0, 0.1) is 13.8 Å². The number of hydrogen-bond acceptors (Lipinski definition) is 6. The number of morpholine rings is 2. The van der Waals surface area contributed by atoms with Gasteiger partial charge in [0.2, 0.25) is 10.0 Å². The lowest BCUT2D eigenvalue weighted by Crippen LogP contribution is -2.40. The van der Waals surface area contributed by atoms with Gasteiger partial charge in [-0.15, -0.1) is 0 Å². The van der Waals surface area contributed by atoms with E-state index in [4.69, 9.17) is 9.47 Å². The summed E-state index contributed by atoms with van der Waals surface area (Å²) in [5.74, 6) is -0.164. The van der Waals surface area contributed by atoms with E-state index in [1.807, 2.05) is 19.9 Å². The first-order valence-corrected chi connectivity index (χ1v) is 15.9. The van der Waals surface area contributed by atoms with Crippen molar-refractivity contribution in [2.24, 2.45) is 0 Å². The van der Waals surface area contributed by atoms with Gasteiger partial charge in [0.15, 0.2) is 0 Å². The molecule has 0 bridgehead atoms. The molecule has 4 heterocycles. The molecule has 3 aliphatic rings. The number of rotatable bonds is 5. The molecule has 2 fully saturated rings. The van der Waals surface area contributed by atoms with Crippen LogP contribution in [0.5, 0.6) is 0 Å². The molecule has 3 aliphatic heterocycles. The number of anilines is 2. The van der Waals surface area contributed by atoms with E-state index in [-0.39, 0.29) is 10.8 Å². The van der Waals surface area contributed by atoms with Crippen molar-refractivity contribution in [2.75, 3.05) is 69.5 Å². The molecule has 216 valence electrons. The fraction of sp³-hybridized carbons (Fsp3) is 0.367. The number of fused-ring (bicyclic) bond motifs is 1. The molecule has 2 aromatic carbocycles. The number of aromatic nitrogens is 1. The Bertz CT molecular complexity index is 1650. The molecule has 41 heavy (non-hydrogen) atoms. The third-order valence-corrected chi connectivity index (χ3v) is 10.6. The minimum absolute atomic E-state index is 0.164. The van der Waals surface area contributed by atoms with Crippen LogP contribution in [0.25, 0.3) is 17.3 Å². The van der Waals surface area contributed by atoms with Crippen molar-refractivity contribution in [2.45, 2.75) is 18.7 Å². The highest BCUT2D eigenvalue weighted by Gasteiger charge is 2.33. The van der Waals surface area contributed by atoms with Crippen LogP contribution in [0.15, 0.2) is 51.8 Å². The standard InChI is InChI=1S/C30H33BrN4O5S/c1-20-16-22(21(2)35(20)23-4-6-29(27(31)18-23)33-8-12-39-13-9-33)17-26-25-19-24(5-7-28(25)32(3)30(26)36)41(37,38)34-10-14-40-15-11-34/h4-7,16-19H,8-15H2,1-3H3. The minimum atomic E-state index is -3.70. The van der Waals surface area contributed by atoms with Gasteiger partial charge < -0.3 is 23.8 Å². The quantitative estimate of drug-likeness (QED) is 0.388. The van der Waals surface area contributed by atoms with Crippen molar-refractivity contribution in [1.29, 1.82) is 0 Å². The Morgan fingerprint density at radius 1 is 0.878 bits per heavy atom. The topological polar surface area (TPSA) is 84.3 Å².